The number of rotatable bonds is 3. The van der Waals surface area contributed by atoms with Crippen LogP contribution < -0.4 is 5.73 Å². The van der Waals surface area contributed by atoms with E-state index in [0.717, 1.165) is 0 Å². The van der Waals surface area contributed by atoms with Crippen molar-refractivity contribution in [3.8, 4) is 0 Å². The van der Waals surface area contributed by atoms with Crippen molar-refractivity contribution in [2.45, 2.75) is 6.92 Å². The first kappa shape index (κ1) is 8.75. The number of nitrogens with two attached hydrogens (primary N) is 1. The lowest BCUT2D eigenvalue weighted by Crippen LogP contribution is -2.24. The number of nitrogens with zero attached hydrogens (tertiary/aromatic N) is 1. The van der Waals surface area contributed by atoms with Crippen LogP contribution in [0.4, 0.5) is 0 Å². The van der Waals surface area contributed by atoms with Crippen molar-refractivity contribution >= 4 is 5.91 Å². The molecule has 3 nitrogen and oxygen atoms in total. The minimum absolute atomic E-state index is 0.440. The number of likely N-dealkylation sites (N-methyl/N-ethyl adjacent to an activating group) is 1. The lowest BCUT2D eigenvalue weighted by Gasteiger charge is -2.13. The Kier molecular flexibility index (Phi) is 3.25. The highest BCUT2D eigenvalue weighted by atomic mass is 16.1. The molecule has 1 amide bonds. The van der Waals surface area contributed by atoms with Crippen LogP contribution in [0.1, 0.15) is 6.92 Å². The van der Waals surface area contributed by atoms with Crippen LogP contribution in [-0.2, 0) is 4.79 Å². The fraction of sp³-hybridized carbons (Fsp3) is 0.286. The molecule has 56 valence electrons. The summed E-state index contributed by atoms with van der Waals surface area (Å²) in [5, 5.41) is 0. The summed E-state index contributed by atoms with van der Waals surface area (Å²) >= 11 is 0. The van der Waals surface area contributed by atoms with E-state index >= 15 is 0 Å². The summed E-state index contributed by atoms with van der Waals surface area (Å²) in [7, 11) is 1.72. The monoisotopic (exact) mass is 140 g/mol. The van der Waals surface area contributed by atoms with Crippen molar-refractivity contribution in [1.82, 2.24) is 4.90 Å². The van der Waals surface area contributed by atoms with E-state index in [1.807, 2.05) is 0 Å². The summed E-state index contributed by atoms with van der Waals surface area (Å²) in [6.45, 7) is 5.24. The second kappa shape index (κ2) is 3.71. The van der Waals surface area contributed by atoms with Gasteiger partial charge < -0.3 is 10.6 Å². The largest absolute Gasteiger partial charge is 0.364 e. The van der Waals surface area contributed by atoms with Crippen molar-refractivity contribution in [3.63, 3.8) is 0 Å². The zero-order valence-electron chi connectivity index (χ0n) is 6.29. The van der Waals surface area contributed by atoms with E-state index in [2.05, 4.69) is 6.58 Å². The molecule has 3 heteroatoms. The second-order valence-electron chi connectivity index (χ2n) is 1.83. The third-order valence-electron chi connectivity index (χ3n) is 1.18. The number of carbonyl (C=O) groups excluding carboxylic acids is 1. The first-order valence-electron chi connectivity index (χ1n) is 2.95. The summed E-state index contributed by atoms with van der Waals surface area (Å²) in [6.07, 6.45) is 3.17. The lowest BCUT2D eigenvalue weighted by molar-refractivity contribution is -0.115. The molecule has 0 saturated heterocycles. The molecule has 2 N–H and O–H groups in total. The fourth-order valence-corrected chi connectivity index (χ4v) is 0.618. The summed E-state index contributed by atoms with van der Waals surface area (Å²) in [4.78, 5) is 12.2. The normalized spacial score (nSPS) is 10.8. The van der Waals surface area contributed by atoms with E-state index < -0.39 is 5.91 Å². The smallest absolute Gasteiger partial charge is 0.264 e. The Morgan fingerprint density at radius 2 is 2.20 bits per heavy atom. The van der Waals surface area contributed by atoms with Gasteiger partial charge in [-0.15, -0.1) is 0 Å². The van der Waals surface area contributed by atoms with Crippen molar-refractivity contribution < 1.29 is 4.79 Å². The molecule has 0 bridgehead atoms. The Morgan fingerprint density at radius 3 is 2.30 bits per heavy atom. The molecule has 0 aliphatic carbocycles. The van der Waals surface area contributed by atoms with Crippen LogP contribution in [0.3, 0.4) is 0 Å². The van der Waals surface area contributed by atoms with Crippen LogP contribution >= 0.6 is 0 Å². The van der Waals surface area contributed by atoms with Crippen molar-refractivity contribution in [2.24, 2.45) is 5.73 Å². The minimum Gasteiger partial charge on any atom is -0.364 e. The molecule has 0 radical (unpaired) electrons. The second-order valence-corrected chi connectivity index (χ2v) is 1.83. The summed E-state index contributed by atoms with van der Waals surface area (Å²) in [5.41, 5.74) is 5.48. The average Bonchev–Trinajstić information content (AvgIpc) is 1.88. The average molecular weight is 140 g/mol. The number of primary amides is 1. The fourth-order valence-electron chi connectivity index (χ4n) is 0.618. The highest BCUT2D eigenvalue weighted by Crippen LogP contribution is 1.98. The molecule has 0 rings (SSSR count). The van der Waals surface area contributed by atoms with Gasteiger partial charge in [-0.1, -0.05) is 12.7 Å². The van der Waals surface area contributed by atoms with Crippen LogP contribution in [0.5, 0.6) is 0 Å². The first-order chi connectivity index (χ1) is 4.63. The van der Waals surface area contributed by atoms with E-state index in [9.17, 15) is 4.79 Å². The summed E-state index contributed by atoms with van der Waals surface area (Å²) in [5.74, 6) is -0.440. The molecular weight excluding hydrogens is 128 g/mol. The zero-order valence-corrected chi connectivity index (χ0v) is 6.29. The number of amides is 1. The van der Waals surface area contributed by atoms with E-state index in [1.54, 1.807) is 24.9 Å². The Bertz CT molecular complexity index is 172. The topological polar surface area (TPSA) is 46.3 Å². The molecule has 0 aromatic heterocycles. The predicted molar refractivity (Wildman–Crippen MR) is 40.9 cm³/mol. The van der Waals surface area contributed by atoms with Gasteiger partial charge in [0, 0.05) is 7.05 Å². The van der Waals surface area contributed by atoms with Crippen LogP contribution in [0, 0.1) is 0 Å². The summed E-state index contributed by atoms with van der Waals surface area (Å²) in [6, 6.07) is 0. The SMILES string of the molecule is C=CN(C)/C(=C\C)C(N)=O. The molecule has 0 fully saturated rings. The third-order valence-corrected chi connectivity index (χ3v) is 1.18. The maximum absolute atomic E-state index is 10.6. The van der Waals surface area contributed by atoms with Crippen molar-refractivity contribution in [2.75, 3.05) is 7.05 Å². The van der Waals surface area contributed by atoms with E-state index in [0.29, 0.717) is 5.70 Å². The number of hydrogen-bond donors (Lipinski definition) is 1. The lowest BCUT2D eigenvalue weighted by atomic mass is 10.3. The Hall–Kier alpha value is -1.25. The molecule has 0 saturated carbocycles. The van der Waals surface area contributed by atoms with Gasteiger partial charge in [0.1, 0.15) is 5.70 Å². The molecule has 0 heterocycles. The molecule has 0 aromatic carbocycles. The first-order valence-corrected chi connectivity index (χ1v) is 2.95. The number of carbonyl (C=O) groups is 1. The van der Waals surface area contributed by atoms with Crippen LogP contribution in [0.15, 0.2) is 24.6 Å². The van der Waals surface area contributed by atoms with Crippen molar-refractivity contribution in [1.29, 1.82) is 0 Å². The maximum atomic E-state index is 10.6. The molecule has 10 heavy (non-hydrogen) atoms. The molecule has 0 aliphatic rings. The van der Waals surface area contributed by atoms with Crippen molar-refractivity contribution in [3.05, 3.63) is 24.6 Å². The number of allylic oxidation sites excluding steroid dienone is 1. The van der Waals surface area contributed by atoms with Crippen LogP contribution in [-0.4, -0.2) is 17.9 Å². The van der Waals surface area contributed by atoms with Gasteiger partial charge >= 0.3 is 0 Å². The molecule has 0 aliphatic heterocycles. The summed E-state index contributed by atoms with van der Waals surface area (Å²) < 4.78 is 0. The van der Waals surface area contributed by atoms with Gasteiger partial charge in [0.05, 0.1) is 0 Å². The van der Waals surface area contributed by atoms with Crippen LogP contribution in [0.2, 0.25) is 0 Å². The molecular formula is C7H12N2O. The molecule has 0 atom stereocenters. The predicted octanol–water partition coefficient (Wildman–Crippen LogP) is 0.451. The highest BCUT2D eigenvalue weighted by molar-refractivity contribution is 5.91. The van der Waals surface area contributed by atoms with Gasteiger partial charge in [0.15, 0.2) is 0 Å². The molecule has 0 aromatic rings. The van der Waals surface area contributed by atoms with E-state index in [4.69, 9.17) is 5.73 Å². The maximum Gasteiger partial charge on any atom is 0.264 e. The van der Waals surface area contributed by atoms with E-state index in [1.165, 1.54) is 6.20 Å². The standard InChI is InChI=1S/C7H12N2O/c1-4-6(7(8)10)9(3)5-2/h4-5H,2H2,1,3H3,(H2,8,10)/b6-4-. The third kappa shape index (κ3) is 1.93. The van der Waals surface area contributed by atoms with Gasteiger partial charge in [-0.25, -0.2) is 0 Å². The minimum atomic E-state index is -0.440. The van der Waals surface area contributed by atoms with E-state index in [-0.39, 0.29) is 0 Å². The quantitative estimate of drug-likeness (QED) is 0.578. The molecule has 0 unspecified atom stereocenters. The van der Waals surface area contributed by atoms with Crippen LogP contribution in [0.25, 0.3) is 0 Å². The van der Waals surface area contributed by atoms with Gasteiger partial charge in [0.2, 0.25) is 0 Å². The van der Waals surface area contributed by atoms with Gasteiger partial charge in [-0.3, -0.25) is 4.79 Å². The van der Waals surface area contributed by atoms with Gasteiger partial charge in [0.25, 0.3) is 5.91 Å². The number of hydrogen-bond acceptors (Lipinski definition) is 2. The Morgan fingerprint density at radius 1 is 1.70 bits per heavy atom. The van der Waals surface area contributed by atoms with Gasteiger partial charge in [-0.2, -0.15) is 0 Å². The highest BCUT2D eigenvalue weighted by Gasteiger charge is 2.04. The Labute approximate surface area is 60.8 Å². The van der Waals surface area contributed by atoms with Gasteiger partial charge in [-0.05, 0) is 13.1 Å². The Balaban J connectivity index is 4.37. The zero-order chi connectivity index (χ0) is 8.15. The molecule has 0 spiro atoms.